The van der Waals surface area contributed by atoms with Gasteiger partial charge in [-0.15, -0.1) is 11.3 Å². The summed E-state index contributed by atoms with van der Waals surface area (Å²) in [7, 11) is 0. The van der Waals surface area contributed by atoms with Gasteiger partial charge in [0.25, 0.3) is 0 Å². The van der Waals surface area contributed by atoms with Gasteiger partial charge in [-0.2, -0.15) is 0 Å². The molecule has 0 bridgehead atoms. The van der Waals surface area contributed by atoms with Gasteiger partial charge in [-0.25, -0.2) is 4.98 Å². The fourth-order valence-corrected chi connectivity index (χ4v) is 2.62. The molecule has 1 fully saturated rings. The van der Waals surface area contributed by atoms with Crippen LogP contribution >= 0.6 is 11.3 Å². The van der Waals surface area contributed by atoms with Crippen molar-refractivity contribution in [2.45, 2.75) is 31.9 Å². The first-order chi connectivity index (χ1) is 6.92. The van der Waals surface area contributed by atoms with Crippen molar-refractivity contribution >= 4 is 11.3 Å². The predicted octanol–water partition coefficient (Wildman–Crippen LogP) is 1.97. The zero-order chi connectivity index (χ0) is 9.80. The topological polar surface area (TPSA) is 34.2 Å². The second kappa shape index (κ2) is 4.87. The van der Waals surface area contributed by atoms with Crippen LogP contribution in [0.3, 0.4) is 0 Å². The lowest BCUT2D eigenvalue weighted by atomic mass is 10.1. The van der Waals surface area contributed by atoms with Crippen LogP contribution in [0.15, 0.2) is 11.6 Å². The molecule has 0 amide bonds. The summed E-state index contributed by atoms with van der Waals surface area (Å²) in [4.78, 5) is 4.36. The zero-order valence-corrected chi connectivity index (χ0v) is 9.22. The quantitative estimate of drug-likeness (QED) is 0.828. The average molecular weight is 212 g/mol. The molecule has 0 aromatic carbocycles. The lowest BCUT2D eigenvalue weighted by molar-refractivity contribution is 0.0787. The van der Waals surface area contributed by atoms with E-state index in [1.54, 1.807) is 11.3 Å². The molecule has 1 saturated heterocycles. The Kier molecular flexibility index (Phi) is 3.50. The maximum absolute atomic E-state index is 5.70. The Morgan fingerprint density at radius 2 is 2.71 bits per heavy atom. The summed E-state index contributed by atoms with van der Waals surface area (Å²) >= 11 is 1.70. The first-order valence-corrected chi connectivity index (χ1v) is 6.04. The smallest absolute Gasteiger partial charge is 0.112 e. The van der Waals surface area contributed by atoms with E-state index in [1.807, 2.05) is 11.6 Å². The highest BCUT2D eigenvalue weighted by molar-refractivity contribution is 7.09. The van der Waals surface area contributed by atoms with Crippen LogP contribution in [0.5, 0.6) is 0 Å². The van der Waals surface area contributed by atoms with Crippen LogP contribution in [0.1, 0.15) is 30.8 Å². The number of rotatable bonds is 4. The normalized spacial score (nSPS) is 23.9. The molecule has 0 aliphatic carbocycles. The van der Waals surface area contributed by atoms with E-state index in [4.69, 9.17) is 4.74 Å². The number of hydrogen-bond acceptors (Lipinski definition) is 4. The first kappa shape index (κ1) is 10.1. The van der Waals surface area contributed by atoms with Crippen LogP contribution in [0, 0.1) is 0 Å². The molecule has 0 radical (unpaired) electrons. The van der Waals surface area contributed by atoms with Crippen molar-refractivity contribution in [1.82, 2.24) is 10.3 Å². The molecule has 4 heteroatoms. The second-order valence-corrected chi connectivity index (χ2v) is 4.38. The number of nitrogens with zero attached hydrogens (tertiary/aromatic N) is 1. The SMILES string of the molecule is CCNC(c1nccs1)C1CCCO1. The predicted molar refractivity (Wildman–Crippen MR) is 57.5 cm³/mol. The molecule has 0 saturated carbocycles. The fraction of sp³-hybridized carbons (Fsp3) is 0.700. The Morgan fingerprint density at radius 1 is 1.79 bits per heavy atom. The van der Waals surface area contributed by atoms with Gasteiger partial charge in [-0.3, -0.25) is 0 Å². The Hall–Kier alpha value is -0.450. The molecular weight excluding hydrogens is 196 g/mol. The molecule has 2 atom stereocenters. The van der Waals surface area contributed by atoms with E-state index in [0.717, 1.165) is 24.6 Å². The molecule has 1 aliphatic rings. The highest BCUT2D eigenvalue weighted by atomic mass is 32.1. The van der Waals surface area contributed by atoms with E-state index in [9.17, 15) is 0 Å². The highest BCUT2D eigenvalue weighted by Gasteiger charge is 2.28. The minimum Gasteiger partial charge on any atom is -0.376 e. The van der Waals surface area contributed by atoms with E-state index in [1.165, 1.54) is 6.42 Å². The zero-order valence-electron chi connectivity index (χ0n) is 8.40. The van der Waals surface area contributed by atoms with E-state index >= 15 is 0 Å². The summed E-state index contributed by atoms with van der Waals surface area (Å²) < 4.78 is 5.70. The largest absolute Gasteiger partial charge is 0.376 e. The summed E-state index contributed by atoms with van der Waals surface area (Å²) in [5, 5.41) is 6.62. The molecule has 78 valence electrons. The third-order valence-corrected chi connectivity index (χ3v) is 3.34. The molecule has 14 heavy (non-hydrogen) atoms. The van der Waals surface area contributed by atoms with Crippen molar-refractivity contribution < 1.29 is 4.74 Å². The highest BCUT2D eigenvalue weighted by Crippen LogP contribution is 2.27. The lowest BCUT2D eigenvalue weighted by Gasteiger charge is -2.21. The molecule has 1 aliphatic heterocycles. The van der Waals surface area contributed by atoms with E-state index in [0.29, 0.717) is 12.1 Å². The monoisotopic (exact) mass is 212 g/mol. The van der Waals surface area contributed by atoms with Crippen molar-refractivity contribution in [2.75, 3.05) is 13.2 Å². The van der Waals surface area contributed by atoms with Crippen molar-refractivity contribution in [2.24, 2.45) is 0 Å². The molecule has 2 heterocycles. The van der Waals surface area contributed by atoms with Gasteiger partial charge in [0, 0.05) is 18.2 Å². The van der Waals surface area contributed by atoms with Crippen LogP contribution in [0.25, 0.3) is 0 Å². The molecule has 1 aromatic heterocycles. The van der Waals surface area contributed by atoms with Gasteiger partial charge in [0.2, 0.25) is 0 Å². The maximum atomic E-state index is 5.70. The van der Waals surface area contributed by atoms with Gasteiger partial charge in [-0.1, -0.05) is 6.92 Å². The number of likely N-dealkylation sites (N-methyl/N-ethyl adjacent to an activating group) is 1. The van der Waals surface area contributed by atoms with Gasteiger partial charge in [-0.05, 0) is 19.4 Å². The van der Waals surface area contributed by atoms with E-state index in [2.05, 4.69) is 17.2 Å². The summed E-state index contributed by atoms with van der Waals surface area (Å²) in [5.41, 5.74) is 0. The standard InChI is InChI=1S/C10H16N2OS/c1-2-11-9(8-4-3-6-13-8)10-12-5-7-14-10/h5,7-9,11H,2-4,6H2,1H3. The van der Waals surface area contributed by atoms with Gasteiger partial charge in [0.15, 0.2) is 0 Å². The van der Waals surface area contributed by atoms with Crippen LogP contribution in [0.2, 0.25) is 0 Å². The van der Waals surface area contributed by atoms with Gasteiger partial charge in [0.05, 0.1) is 12.1 Å². The Morgan fingerprint density at radius 3 is 3.29 bits per heavy atom. The number of ether oxygens (including phenoxy) is 1. The molecule has 0 spiro atoms. The lowest BCUT2D eigenvalue weighted by Crippen LogP contribution is -2.31. The second-order valence-electron chi connectivity index (χ2n) is 3.46. The van der Waals surface area contributed by atoms with Crippen molar-refractivity contribution in [1.29, 1.82) is 0 Å². The van der Waals surface area contributed by atoms with Crippen molar-refractivity contribution in [3.05, 3.63) is 16.6 Å². The van der Waals surface area contributed by atoms with Crippen LogP contribution in [-0.2, 0) is 4.74 Å². The van der Waals surface area contributed by atoms with Crippen LogP contribution in [-0.4, -0.2) is 24.2 Å². The Labute approximate surface area is 88.5 Å². The minimum absolute atomic E-state index is 0.294. The average Bonchev–Trinajstić information content (AvgIpc) is 2.87. The van der Waals surface area contributed by atoms with Crippen LogP contribution < -0.4 is 5.32 Å². The summed E-state index contributed by atoms with van der Waals surface area (Å²) in [6.45, 7) is 3.98. The third-order valence-electron chi connectivity index (χ3n) is 2.48. The van der Waals surface area contributed by atoms with Crippen LogP contribution in [0.4, 0.5) is 0 Å². The summed E-state index contributed by atoms with van der Waals surface area (Å²) in [5.74, 6) is 0. The summed E-state index contributed by atoms with van der Waals surface area (Å²) in [6.07, 6.45) is 4.51. The first-order valence-electron chi connectivity index (χ1n) is 5.16. The van der Waals surface area contributed by atoms with Crippen molar-refractivity contribution in [3.63, 3.8) is 0 Å². The number of nitrogens with one attached hydrogen (secondary N) is 1. The molecule has 2 rings (SSSR count). The number of hydrogen-bond donors (Lipinski definition) is 1. The third kappa shape index (κ3) is 2.13. The van der Waals surface area contributed by atoms with Gasteiger partial charge >= 0.3 is 0 Å². The maximum Gasteiger partial charge on any atom is 0.112 e. The molecule has 1 N–H and O–H groups in total. The molecule has 1 aromatic rings. The number of aromatic nitrogens is 1. The van der Waals surface area contributed by atoms with Gasteiger partial charge < -0.3 is 10.1 Å². The molecule has 3 nitrogen and oxygen atoms in total. The van der Waals surface area contributed by atoms with E-state index in [-0.39, 0.29) is 0 Å². The minimum atomic E-state index is 0.294. The molecule has 2 unspecified atom stereocenters. The van der Waals surface area contributed by atoms with E-state index < -0.39 is 0 Å². The van der Waals surface area contributed by atoms with Gasteiger partial charge in [0.1, 0.15) is 5.01 Å². The molecular formula is C10H16N2OS. The number of thiazole rings is 1. The summed E-state index contributed by atoms with van der Waals surface area (Å²) in [6, 6.07) is 0.294. The van der Waals surface area contributed by atoms with Crippen molar-refractivity contribution in [3.8, 4) is 0 Å². The Bertz CT molecular complexity index is 257. The Balaban J connectivity index is 2.06. The fourth-order valence-electron chi connectivity index (χ4n) is 1.85.